The van der Waals surface area contributed by atoms with E-state index in [1.165, 1.54) is 32.1 Å². The Morgan fingerprint density at radius 3 is 2.07 bits per heavy atom. The van der Waals surface area contributed by atoms with Gasteiger partial charge in [-0.2, -0.15) is 0 Å². The van der Waals surface area contributed by atoms with Gasteiger partial charge in [0.15, 0.2) is 6.29 Å². The van der Waals surface area contributed by atoms with Crippen LogP contribution in [0.3, 0.4) is 0 Å². The highest BCUT2D eigenvalue weighted by atomic mass is 16.7. The summed E-state index contributed by atoms with van der Waals surface area (Å²) < 4.78 is 9.93. The van der Waals surface area contributed by atoms with Gasteiger partial charge in [0.05, 0.1) is 19.8 Å². The number of aliphatic hydroxyl groups excluding tert-OH is 6. The second kappa shape index (κ2) is 16.9. The lowest BCUT2D eigenvalue weighted by Gasteiger charge is -2.39. The number of unbranched alkanes of at least 4 members (excludes halogenated alkanes) is 6. The molecule has 0 aromatic carbocycles. The van der Waals surface area contributed by atoms with Crippen LogP contribution in [0.4, 0.5) is 0 Å². The van der Waals surface area contributed by atoms with E-state index in [0.717, 1.165) is 12.8 Å². The van der Waals surface area contributed by atoms with Crippen molar-refractivity contribution in [1.82, 2.24) is 0 Å². The predicted molar refractivity (Wildman–Crippen MR) is 103 cm³/mol. The van der Waals surface area contributed by atoms with Gasteiger partial charge in [0, 0.05) is 6.42 Å². The second-order valence-corrected chi connectivity index (χ2v) is 7.13. The highest BCUT2D eigenvalue weighted by Gasteiger charge is 2.44. The molecule has 0 aromatic rings. The van der Waals surface area contributed by atoms with Crippen LogP contribution in [0, 0.1) is 0 Å². The van der Waals surface area contributed by atoms with Crippen molar-refractivity contribution >= 4 is 5.97 Å². The summed E-state index contributed by atoms with van der Waals surface area (Å²) in [6.07, 6.45) is 0.705. The Balaban J connectivity index is 0.000000578. The average molecular weight is 427 g/mol. The number of carboxylic acid groups (broad SMARTS) is 1. The van der Waals surface area contributed by atoms with E-state index < -0.39 is 56.0 Å². The monoisotopic (exact) mass is 426 g/mol. The van der Waals surface area contributed by atoms with Gasteiger partial charge in [-0.25, -0.2) is 0 Å². The fraction of sp³-hybridized carbons (Fsp3) is 0.947. The van der Waals surface area contributed by atoms with Crippen LogP contribution in [-0.4, -0.2) is 98.3 Å². The number of aliphatic carboxylic acids is 1. The largest absolute Gasteiger partial charge is 0.481 e. The Bertz CT molecular complexity index is 406. The van der Waals surface area contributed by atoms with E-state index >= 15 is 0 Å². The van der Waals surface area contributed by atoms with E-state index in [1.54, 1.807) is 0 Å². The summed E-state index contributed by atoms with van der Waals surface area (Å²) in [6.45, 7) is 0.828. The molecule has 0 bridgehead atoms. The predicted octanol–water partition coefficient (Wildman–Crippen LogP) is -0.632. The molecule has 1 aliphatic heterocycles. The highest BCUT2D eigenvalue weighted by Crippen LogP contribution is 2.21. The van der Waals surface area contributed by atoms with Crippen LogP contribution >= 0.6 is 0 Å². The van der Waals surface area contributed by atoms with Crippen molar-refractivity contribution in [3.63, 3.8) is 0 Å². The van der Waals surface area contributed by atoms with Gasteiger partial charge in [-0.05, 0) is 6.42 Å². The summed E-state index contributed by atoms with van der Waals surface area (Å²) in [6, 6.07) is 0. The van der Waals surface area contributed by atoms with Gasteiger partial charge in [0.2, 0.25) is 0 Å². The van der Waals surface area contributed by atoms with E-state index in [-0.39, 0.29) is 6.61 Å². The number of hydrogen-bond donors (Lipinski definition) is 7. The molecular weight excluding hydrogens is 388 g/mol. The SMILES string of the molecule is CCCCCCCCCC(=O)O.OCC(O)COC1O[C@H](CO)[C@H](O)[C@H](O)[C@H]1O. The molecule has 2 unspecified atom stereocenters. The van der Waals surface area contributed by atoms with Gasteiger partial charge in [0.1, 0.15) is 30.5 Å². The minimum absolute atomic E-state index is 0.306. The molecule has 1 saturated heterocycles. The first-order chi connectivity index (χ1) is 13.8. The lowest BCUT2D eigenvalue weighted by Crippen LogP contribution is -2.59. The second-order valence-electron chi connectivity index (χ2n) is 7.13. The van der Waals surface area contributed by atoms with Gasteiger partial charge < -0.3 is 45.2 Å². The van der Waals surface area contributed by atoms with E-state index in [2.05, 4.69) is 6.92 Å². The van der Waals surface area contributed by atoms with E-state index in [4.69, 9.17) is 29.9 Å². The summed E-state index contributed by atoms with van der Waals surface area (Å²) in [4.78, 5) is 10.1. The van der Waals surface area contributed by atoms with Crippen molar-refractivity contribution in [3.05, 3.63) is 0 Å². The lowest BCUT2D eigenvalue weighted by atomic mass is 9.99. The quantitative estimate of drug-likeness (QED) is 0.188. The highest BCUT2D eigenvalue weighted by molar-refractivity contribution is 5.66. The molecule has 174 valence electrons. The minimum atomic E-state index is -1.52. The third kappa shape index (κ3) is 12.4. The molecule has 10 nitrogen and oxygen atoms in total. The molecule has 0 spiro atoms. The van der Waals surface area contributed by atoms with Crippen molar-refractivity contribution < 1.29 is 50.0 Å². The number of hydrogen-bond acceptors (Lipinski definition) is 9. The topological polar surface area (TPSA) is 177 Å². The van der Waals surface area contributed by atoms with Crippen LogP contribution in [0.5, 0.6) is 0 Å². The van der Waals surface area contributed by atoms with Crippen LogP contribution in [0.25, 0.3) is 0 Å². The van der Waals surface area contributed by atoms with E-state index in [0.29, 0.717) is 6.42 Å². The van der Waals surface area contributed by atoms with Gasteiger partial charge in [-0.1, -0.05) is 45.4 Å². The van der Waals surface area contributed by atoms with Crippen molar-refractivity contribution in [2.45, 2.75) is 95.1 Å². The van der Waals surface area contributed by atoms with Crippen LogP contribution in [0.2, 0.25) is 0 Å². The zero-order valence-corrected chi connectivity index (χ0v) is 17.1. The fourth-order valence-corrected chi connectivity index (χ4v) is 2.70. The summed E-state index contributed by atoms with van der Waals surface area (Å²) in [5.74, 6) is -0.663. The molecule has 1 fully saturated rings. The molecule has 7 N–H and O–H groups in total. The Morgan fingerprint density at radius 1 is 0.966 bits per heavy atom. The maximum atomic E-state index is 10.1. The number of ether oxygens (including phenoxy) is 2. The number of carbonyl (C=O) groups is 1. The van der Waals surface area contributed by atoms with Crippen molar-refractivity contribution in [3.8, 4) is 0 Å². The zero-order chi connectivity index (χ0) is 22.2. The first-order valence-electron chi connectivity index (χ1n) is 10.2. The zero-order valence-electron chi connectivity index (χ0n) is 17.1. The van der Waals surface area contributed by atoms with Gasteiger partial charge >= 0.3 is 5.97 Å². The third-order valence-corrected chi connectivity index (χ3v) is 4.51. The van der Waals surface area contributed by atoms with Crippen LogP contribution in [0.1, 0.15) is 58.3 Å². The molecule has 1 aliphatic rings. The maximum Gasteiger partial charge on any atom is 0.303 e. The van der Waals surface area contributed by atoms with Crippen molar-refractivity contribution in [2.24, 2.45) is 0 Å². The molecule has 0 radical (unpaired) electrons. The van der Waals surface area contributed by atoms with Gasteiger partial charge in [-0.15, -0.1) is 0 Å². The smallest absolute Gasteiger partial charge is 0.303 e. The van der Waals surface area contributed by atoms with Crippen LogP contribution in [0.15, 0.2) is 0 Å². The first-order valence-corrected chi connectivity index (χ1v) is 10.2. The number of carboxylic acids is 1. The Hall–Kier alpha value is -0.850. The van der Waals surface area contributed by atoms with Gasteiger partial charge in [-0.3, -0.25) is 4.79 Å². The first kappa shape index (κ1) is 28.1. The van der Waals surface area contributed by atoms with Crippen LogP contribution < -0.4 is 0 Å². The minimum Gasteiger partial charge on any atom is -0.481 e. The maximum absolute atomic E-state index is 10.1. The lowest BCUT2D eigenvalue weighted by molar-refractivity contribution is -0.304. The number of aliphatic hydroxyl groups is 6. The number of rotatable bonds is 13. The van der Waals surface area contributed by atoms with E-state index in [1.807, 2.05) is 0 Å². The Kier molecular flexibility index (Phi) is 16.4. The Morgan fingerprint density at radius 2 is 1.55 bits per heavy atom. The fourth-order valence-electron chi connectivity index (χ4n) is 2.70. The molecule has 1 heterocycles. The molecule has 1 rings (SSSR count). The normalized spacial score (nSPS) is 27.8. The van der Waals surface area contributed by atoms with Gasteiger partial charge in [0.25, 0.3) is 0 Å². The van der Waals surface area contributed by atoms with Crippen molar-refractivity contribution in [1.29, 1.82) is 0 Å². The molecule has 0 aliphatic carbocycles. The summed E-state index contributed by atoms with van der Waals surface area (Å²) in [5, 5.41) is 63.2. The van der Waals surface area contributed by atoms with Crippen LogP contribution in [-0.2, 0) is 14.3 Å². The standard InChI is InChI=1S/C10H20O2.C9H18O8/c1-2-3-4-5-6-7-8-9-10(11)12;10-1-4(12)3-16-9-8(15)7(14)6(13)5(2-11)17-9/h2-9H2,1H3,(H,11,12);4-15H,1-3H2/t;4?,5-,6+,7+,8-,9?/m.1/s1. The molecule has 29 heavy (non-hydrogen) atoms. The van der Waals surface area contributed by atoms with Crippen molar-refractivity contribution in [2.75, 3.05) is 19.8 Å². The summed E-state index contributed by atoms with van der Waals surface area (Å²) in [5.41, 5.74) is 0. The Labute approximate surface area is 171 Å². The summed E-state index contributed by atoms with van der Waals surface area (Å²) >= 11 is 0. The molecule has 0 aromatic heterocycles. The van der Waals surface area contributed by atoms with E-state index in [9.17, 15) is 20.1 Å². The molecule has 10 heteroatoms. The molecule has 0 saturated carbocycles. The summed E-state index contributed by atoms with van der Waals surface area (Å²) in [7, 11) is 0. The third-order valence-electron chi connectivity index (χ3n) is 4.51. The average Bonchev–Trinajstić information content (AvgIpc) is 2.71. The molecule has 6 atom stereocenters. The molecular formula is C19H38O10. The molecule has 0 amide bonds.